The van der Waals surface area contributed by atoms with E-state index in [1.807, 2.05) is 43.3 Å². The van der Waals surface area contributed by atoms with Crippen LogP contribution in [-0.4, -0.2) is 28.8 Å². The Kier molecular flexibility index (Phi) is 6.19. The highest BCUT2D eigenvalue weighted by Crippen LogP contribution is 2.34. The summed E-state index contributed by atoms with van der Waals surface area (Å²) in [5.74, 6) is 1.26. The van der Waals surface area contributed by atoms with Crippen LogP contribution < -0.4 is 9.47 Å². The first-order chi connectivity index (χ1) is 13.0. The fraction of sp³-hybridized carbons (Fsp3) is 0.238. The number of thiocarbonyl (C=S) groups is 1. The molecule has 6 heteroatoms. The van der Waals surface area contributed by atoms with E-state index in [-0.39, 0.29) is 5.91 Å². The second kappa shape index (κ2) is 8.59. The van der Waals surface area contributed by atoms with Crippen molar-refractivity contribution in [3.05, 3.63) is 64.1 Å². The van der Waals surface area contributed by atoms with E-state index in [1.165, 1.54) is 22.2 Å². The van der Waals surface area contributed by atoms with Crippen molar-refractivity contribution in [2.75, 3.05) is 13.7 Å². The van der Waals surface area contributed by atoms with Gasteiger partial charge in [0.15, 0.2) is 11.5 Å². The molecule has 0 atom stereocenters. The SMILES string of the molecule is CCOc1cc(/C=C2/SC(=S)N(C)C2=O)ccc1OCc1ccccc1C. The molecule has 0 unspecified atom stereocenters. The van der Waals surface area contributed by atoms with Crippen LogP contribution in [0.2, 0.25) is 0 Å². The third-order valence-corrected chi connectivity index (χ3v) is 5.68. The molecule has 1 aliphatic rings. The van der Waals surface area contributed by atoms with E-state index in [4.69, 9.17) is 21.7 Å². The molecular formula is C21H21NO3S2. The number of hydrogen-bond acceptors (Lipinski definition) is 5. The van der Waals surface area contributed by atoms with E-state index >= 15 is 0 Å². The summed E-state index contributed by atoms with van der Waals surface area (Å²) in [6.07, 6.45) is 1.83. The van der Waals surface area contributed by atoms with Crippen molar-refractivity contribution < 1.29 is 14.3 Å². The lowest BCUT2D eigenvalue weighted by Crippen LogP contribution is -2.22. The molecule has 0 aromatic heterocycles. The van der Waals surface area contributed by atoms with E-state index in [9.17, 15) is 4.79 Å². The van der Waals surface area contributed by atoms with Gasteiger partial charge in [-0.25, -0.2) is 0 Å². The zero-order valence-electron chi connectivity index (χ0n) is 15.5. The number of aryl methyl sites for hydroxylation is 1. The minimum Gasteiger partial charge on any atom is -0.490 e. The van der Waals surface area contributed by atoms with Crippen molar-refractivity contribution >= 4 is 40.3 Å². The highest BCUT2D eigenvalue weighted by Gasteiger charge is 2.28. The summed E-state index contributed by atoms with van der Waals surface area (Å²) in [7, 11) is 1.69. The molecule has 140 valence electrons. The number of thioether (sulfide) groups is 1. The summed E-state index contributed by atoms with van der Waals surface area (Å²) in [4.78, 5) is 14.3. The molecule has 27 heavy (non-hydrogen) atoms. The summed E-state index contributed by atoms with van der Waals surface area (Å²) in [5.41, 5.74) is 3.19. The van der Waals surface area contributed by atoms with Crippen LogP contribution in [0.4, 0.5) is 0 Å². The number of benzene rings is 2. The third-order valence-electron chi connectivity index (χ3n) is 4.20. The second-order valence-electron chi connectivity index (χ2n) is 6.10. The number of likely N-dealkylation sites (N-methyl/N-ethyl adjacent to an activating group) is 1. The number of amides is 1. The molecule has 3 rings (SSSR count). The van der Waals surface area contributed by atoms with Crippen LogP contribution >= 0.6 is 24.0 Å². The molecule has 1 fully saturated rings. The zero-order valence-corrected chi connectivity index (χ0v) is 17.2. The highest BCUT2D eigenvalue weighted by molar-refractivity contribution is 8.26. The molecule has 4 nitrogen and oxygen atoms in total. The average Bonchev–Trinajstić information content (AvgIpc) is 2.89. The van der Waals surface area contributed by atoms with Crippen molar-refractivity contribution in [1.29, 1.82) is 0 Å². The lowest BCUT2D eigenvalue weighted by molar-refractivity contribution is -0.121. The summed E-state index contributed by atoms with van der Waals surface area (Å²) in [5, 5.41) is 0. The van der Waals surface area contributed by atoms with Crippen LogP contribution in [0, 0.1) is 6.92 Å². The number of ether oxygens (including phenoxy) is 2. The van der Waals surface area contributed by atoms with Gasteiger partial charge < -0.3 is 9.47 Å². The normalized spacial score (nSPS) is 15.5. The summed E-state index contributed by atoms with van der Waals surface area (Å²) in [6.45, 7) is 5.00. The third kappa shape index (κ3) is 4.51. The quantitative estimate of drug-likeness (QED) is 0.515. The van der Waals surface area contributed by atoms with Crippen LogP contribution in [0.1, 0.15) is 23.6 Å². The number of hydrogen-bond donors (Lipinski definition) is 0. The van der Waals surface area contributed by atoms with Gasteiger partial charge in [-0.1, -0.05) is 54.3 Å². The highest BCUT2D eigenvalue weighted by atomic mass is 32.2. The Labute approximate surface area is 169 Å². The van der Waals surface area contributed by atoms with Crippen molar-refractivity contribution in [1.82, 2.24) is 4.90 Å². The topological polar surface area (TPSA) is 38.8 Å². The Bertz CT molecular complexity index is 908. The van der Waals surface area contributed by atoms with Crippen molar-refractivity contribution in [2.24, 2.45) is 0 Å². The lowest BCUT2D eigenvalue weighted by atomic mass is 10.1. The molecule has 0 N–H and O–H groups in total. The Hall–Kier alpha value is -2.31. The lowest BCUT2D eigenvalue weighted by Gasteiger charge is -2.14. The maximum Gasteiger partial charge on any atom is 0.265 e. The molecule has 1 saturated heterocycles. The standard InChI is InChI=1S/C21H21NO3S2/c1-4-24-18-11-15(12-19-20(23)22(3)21(26)27-19)9-10-17(18)25-13-16-8-6-5-7-14(16)2/h5-12H,4,13H2,1-3H3/b19-12+. The van der Waals surface area contributed by atoms with Gasteiger partial charge in [0.25, 0.3) is 5.91 Å². The molecule has 0 bridgehead atoms. The van der Waals surface area contributed by atoms with Gasteiger partial charge in [0.2, 0.25) is 0 Å². The van der Waals surface area contributed by atoms with Gasteiger partial charge in [-0.15, -0.1) is 0 Å². The van der Waals surface area contributed by atoms with Crippen molar-refractivity contribution in [3.8, 4) is 11.5 Å². The molecule has 1 heterocycles. The van der Waals surface area contributed by atoms with Gasteiger partial charge in [-0.05, 0) is 48.7 Å². The van der Waals surface area contributed by atoms with Gasteiger partial charge in [-0.2, -0.15) is 0 Å². The van der Waals surface area contributed by atoms with Crippen LogP contribution in [0.3, 0.4) is 0 Å². The Morgan fingerprint density at radius 1 is 1.15 bits per heavy atom. The van der Waals surface area contributed by atoms with E-state index in [0.29, 0.717) is 33.9 Å². The molecule has 1 aliphatic heterocycles. The molecule has 2 aromatic carbocycles. The number of rotatable bonds is 6. The van der Waals surface area contributed by atoms with Crippen LogP contribution in [0.5, 0.6) is 11.5 Å². The first-order valence-corrected chi connectivity index (χ1v) is 9.87. The van der Waals surface area contributed by atoms with Gasteiger partial charge in [0.1, 0.15) is 10.9 Å². The maximum atomic E-state index is 12.2. The first kappa shape index (κ1) is 19.5. The number of carbonyl (C=O) groups is 1. The minimum absolute atomic E-state index is 0.0807. The van der Waals surface area contributed by atoms with Crippen LogP contribution in [-0.2, 0) is 11.4 Å². The van der Waals surface area contributed by atoms with E-state index in [0.717, 1.165) is 11.1 Å². The molecular weight excluding hydrogens is 378 g/mol. The Morgan fingerprint density at radius 2 is 1.93 bits per heavy atom. The Balaban J connectivity index is 1.81. The van der Waals surface area contributed by atoms with E-state index < -0.39 is 0 Å². The van der Waals surface area contributed by atoms with E-state index in [2.05, 4.69) is 19.1 Å². The second-order valence-corrected chi connectivity index (χ2v) is 7.77. The van der Waals surface area contributed by atoms with Crippen LogP contribution in [0.15, 0.2) is 47.4 Å². The largest absolute Gasteiger partial charge is 0.490 e. The first-order valence-electron chi connectivity index (χ1n) is 8.65. The maximum absolute atomic E-state index is 12.2. The fourth-order valence-electron chi connectivity index (χ4n) is 2.63. The summed E-state index contributed by atoms with van der Waals surface area (Å²) >= 11 is 6.48. The minimum atomic E-state index is -0.0807. The molecule has 0 saturated carbocycles. The zero-order chi connectivity index (χ0) is 19.4. The molecule has 0 spiro atoms. The van der Waals surface area contributed by atoms with Gasteiger partial charge in [0.05, 0.1) is 11.5 Å². The average molecular weight is 400 g/mol. The predicted molar refractivity (Wildman–Crippen MR) is 114 cm³/mol. The van der Waals surface area contributed by atoms with Gasteiger partial charge in [0, 0.05) is 7.05 Å². The van der Waals surface area contributed by atoms with Crippen LogP contribution in [0.25, 0.3) is 6.08 Å². The molecule has 2 aromatic rings. The monoisotopic (exact) mass is 399 g/mol. The van der Waals surface area contributed by atoms with E-state index in [1.54, 1.807) is 7.05 Å². The van der Waals surface area contributed by atoms with Gasteiger partial charge >= 0.3 is 0 Å². The smallest absolute Gasteiger partial charge is 0.265 e. The Morgan fingerprint density at radius 3 is 2.59 bits per heavy atom. The van der Waals surface area contributed by atoms with Crippen molar-refractivity contribution in [2.45, 2.75) is 20.5 Å². The summed E-state index contributed by atoms with van der Waals surface area (Å²) < 4.78 is 12.3. The number of carbonyl (C=O) groups excluding carboxylic acids is 1. The van der Waals surface area contributed by atoms with Crippen molar-refractivity contribution in [3.63, 3.8) is 0 Å². The molecule has 0 aliphatic carbocycles. The number of nitrogens with zero attached hydrogens (tertiary/aromatic N) is 1. The predicted octanol–water partition coefficient (Wildman–Crippen LogP) is 4.80. The molecule has 0 radical (unpaired) electrons. The fourth-order valence-corrected chi connectivity index (χ4v) is 3.81. The summed E-state index contributed by atoms with van der Waals surface area (Å²) in [6, 6.07) is 13.8. The molecule has 1 amide bonds. The van der Waals surface area contributed by atoms with Gasteiger partial charge in [-0.3, -0.25) is 9.69 Å².